The Morgan fingerprint density at radius 1 is 0.533 bits per heavy atom. The van der Waals surface area contributed by atoms with Gasteiger partial charge in [0.1, 0.15) is 0 Å². The summed E-state index contributed by atoms with van der Waals surface area (Å²) in [6, 6.07) is 0. The molecule has 0 aliphatic rings. The summed E-state index contributed by atoms with van der Waals surface area (Å²) in [6.45, 7) is 1.57. The van der Waals surface area contributed by atoms with Gasteiger partial charge in [0.05, 0.1) is 6.61 Å². The number of alkyl halides is 2. The van der Waals surface area contributed by atoms with Gasteiger partial charge in [-0.15, -0.1) is 23.2 Å². The largest absolute Gasteiger partial charge is 0.380 e. The minimum Gasteiger partial charge on any atom is -0.380 e. The van der Waals surface area contributed by atoms with Crippen molar-refractivity contribution >= 4 is 23.2 Å². The highest BCUT2D eigenvalue weighted by Crippen LogP contribution is 2.08. The zero-order chi connectivity index (χ0) is 11.2. The van der Waals surface area contributed by atoms with Gasteiger partial charge in [-0.3, -0.25) is 0 Å². The molecule has 0 aromatic rings. The lowest BCUT2D eigenvalue weighted by Gasteiger charge is -2.02. The molecule has 0 aliphatic heterocycles. The molecule has 1 nitrogen and oxygen atoms in total. The summed E-state index contributed by atoms with van der Waals surface area (Å²) in [5, 5.41) is 0. The van der Waals surface area contributed by atoms with E-state index in [2.05, 4.69) is 0 Å². The molecule has 0 spiro atoms. The van der Waals surface area contributed by atoms with Crippen LogP contribution in [0.5, 0.6) is 0 Å². The number of ether oxygens (including phenoxy) is 1. The van der Waals surface area contributed by atoms with Crippen LogP contribution in [0, 0.1) is 0 Å². The standard InChI is InChI=1S/C12H24Cl2O/c13-9-7-5-3-1-2-4-6-8-11-15-12-10-14/h1-12H2. The SMILES string of the molecule is ClCCCCCCCCCCOCCCl. The quantitative estimate of drug-likeness (QED) is 0.366. The molecule has 0 atom stereocenters. The molecule has 0 radical (unpaired) electrons. The van der Waals surface area contributed by atoms with Crippen molar-refractivity contribution in [1.82, 2.24) is 0 Å². The summed E-state index contributed by atoms with van der Waals surface area (Å²) in [5.74, 6) is 1.43. The second-order valence-corrected chi connectivity index (χ2v) is 4.57. The summed E-state index contributed by atoms with van der Waals surface area (Å²) in [5.41, 5.74) is 0. The molecule has 92 valence electrons. The van der Waals surface area contributed by atoms with Crippen molar-refractivity contribution in [3.8, 4) is 0 Å². The lowest BCUT2D eigenvalue weighted by atomic mass is 10.1. The Hall–Kier alpha value is 0.540. The molecule has 0 bridgehead atoms. The van der Waals surface area contributed by atoms with E-state index in [1.807, 2.05) is 0 Å². The van der Waals surface area contributed by atoms with Gasteiger partial charge in [-0.2, -0.15) is 0 Å². The highest BCUT2D eigenvalue weighted by molar-refractivity contribution is 6.18. The zero-order valence-corrected chi connectivity index (χ0v) is 11.2. The van der Waals surface area contributed by atoms with E-state index in [4.69, 9.17) is 27.9 Å². The van der Waals surface area contributed by atoms with Crippen molar-refractivity contribution in [2.75, 3.05) is 25.0 Å². The minimum atomic E-state index is 0.612. The number of unbranched alkanes of at least 4 members (excludes halogenated alkanes) is 7. The van der Waals surface area contributed by atoms with Gasteiger partial charge in [-0.1, -0.05) is 38.5 Å². The Kier molecular flexibility index (Phi) is 15.1. The predicted molar refractivity (Wildman–Crippen MR) is 69.2 cm³/mol. The fraction of sp³-hybridized carbons (Fsp3) is 1.00. The summed E-state index contributed by atoms with van der Waals surface area (Å²) in [4.78, 5) is 0. The molecule has 15 heavy (non-hydrogen) atoms. The normalized spacial score (nSPS) is 10.8. The second kappa shape index (κ2) is 14.5. The van der Waals surface area contributed by atoms with Crippen LogP contribution in [0.1, 0.15) is 51.4 Å². The molecule has 0 aromatic carbocycles. The van der Waals surface area contributed by atoms with Crippen LogP contribution in [0.3, 0.4) is 0 Å². The third-order valence-corrected chi connectivity index (χ3v) is 2.82. The van der Waals surface area contributed by atoms with Crippen LogP contribution in [0.4, 0.5) is 0 Å². The van der Waals surface area contributed by atoms with Crippen LogP contribution in [-0.2, 0) is 4.74 Å². The van der Waals surface area contributed by atoms with Crippen molar-refractivity contribution in [3.63, 3.8) is 0 Å². The van der Waals surface area contributed by atoms with Gasteiger partial charge >= 0.3 is 0 Å². The Bertz CT molecular complexity index is 97.8. The fourth-order valence-electron chi connectivity index (χ4n) is 1.52. The molecular formula is C12H24Cl2O. The molecular weight excluding hydrogens is 231 g/mol. The van der Waals surface area contributed by atoms with Crippen molar-refractivity contribution in [2.24, 2.45) is 0 Å². The highest BCUT2D eigenvalue weighted by atomic mass is 35.5. The van der Waals surface area contributed by atoms with Crippen LogP contribution < -0.4 is 0 Å². The van der Waals surface area contributed by atoms with Gasteiger partial charge in [0, 0.05) is 18.4 Å². The van der Waals surface area contributed by atoms with E-state index >= 15 is 0 Å². The van der Waals surface area contributed by atoms with E-state index < -0.39 is 0 Å². The number of hydrogen-bond donors (Lipinski definition) is 0. The van der Waals surface area contributed by atoms with Crippen molar-refractivity contribution in [1.29, 1.82) is 0 Å². The average molecular weight is 255 g/mol. The topological polar surface area (TPSA) is 9.23 Å². The van der Waals surface area contributed by atoms with Crippen LogP contribution in [0.25, 0.3) is 0 Å². The Labute approximate surface area is 104 Å². The zero-order valence-electron chi connectivity index (χ0n) is 9.65. The summed E-state index contributed by atoms with van der Waals surface area (Å²) >= 11 is 11.1. The van der Waals surface area contributed by atoms with Crippen LogP contribution in [0.2, 0.25) is 0 Å². The Morgan fingerprint density at radius 3 is 1.60 bits per heavy atom. The first kappa shape index (κ1) is 15.5. The first-order valence-electron chi connectivity index (χ1n) is 6.11. The molecule has 0 amide bonds. The first-order chi connectivity index (χ1) is 7.41. The number of hydrogen-bond acceptors (Lipinski definition) is 1. The van der Waals surface area contributed by atoms with Gasteiger partial charge in [0.25, 0.3) is 0 Å². The molecule has 0 aliphatic carbocycles. The lowest BCUT2D eigenvalue weighted by molar-refractivity contribution is 0.144. The van der Waals surface area contributed by atoms with Gasteiger partial charge < -0.3 is 4.74 Å². The molecule has 0 heterocycles. The lowest BCUT2D eigenvalue weighted by Crippen LogP contribution is -1.97. The molecule has 0 unspecified atom stereocenters. The maximum atomic E-state index is 5.60. The van der Waals surface area contributed by atoms with E-state index in [1.165, 1.54) is 51.4 Å². The van der Waals surface area contributed by atoms with Crippen LogP contribution in [0.15, 0.2) is 0 Å². The van der Waals surface area contributed by atoms with E-state index in [-0.39, 0.29) is 0 Å². The summed E-state index contributed by atoms with van der Waals surface area (Å²) in [7, 11) is 0. The molecule has 0 aromatic heterocycles. The van der Waals surface area contributed by atoms with Gasteiger partial charge in [-0.05, 0) is 12.8 Å². The van der Waals surface area contributed by atoms with Crippen molar-refractivity contribution in [2.45, 2.75) is 51.4 Å². The van der Waals surface area contributed by atoms with E-state index in [9.17, 15) is 0 Å². The Balaban J connectivity index is 2.81. The van der Waals surface area contributed by atoms with E-state index in [1.54, 1.807) is 0 Å². The Morgan fingerprint density at radius 2 is 1.07 bits per heavy atom. The van der Waals surface area contributed by atoms with Crippen molar-refractivity contribution < 1.29 is 4.74 Å². The molecule has 0 saturated carbocycles. The molecule has 0 saturated heterocycles. The second-order valence-electron chi connectivity index (χ2n) is 3.82. The summed E-state index contributed by atoms with van der Waals surface area (Å²) in [6.07, 6.45) is 10.3. The van der Waals surface area contributed by atoms with Crippen LogP contribution >= 0.6 is 23.2 Å². The third-order valence-electron chi connectivity index (χ3n) is 2.39. The van der Waals surface area contributed by atoms with E-state index in [0.717, 1.165) is 12.5 Å². The van der Waals surface area contributed by atoms with Gasteiger partial charge in [-0.25, -0.2) is 0 Å². The molecule has 3 heteroatoms. The monoisotopic (exact) mass is 254 g/mol. The number of halogens is 2. The minimum absolute atomic E-state index is 0.612. The molecule has 0 N–H and O–H groups in total. The van der Waals surface area contributed by atoms with Gasteiger partial charge in [0.2, 0.25) is 0 Å². The highest BCUT2D eigenvalue weighted by Gasteiger charge is 1.92. The average Bonchev–Trinajstić information content (AvgIpc) is 2.26. The first-order valence-corrected chi connectivity index (χ1v) is 7.18. The number of rotatable bonds is 12. The molecule has 0 rings (SSSR count). The maximum Gasteiger partial charge on any atom is 0.0601 e. The maximum absolute atomic E-state index is 5.60. The third kappa shape index (κ3) is 14.5. The predicted octanol–water partition coefficient (Wildman–Crippen LogP) is 4.60. The fourth-order valence-corrected chi connectivity index (χ4v) is 1.81. The van der Waals surface area contributed by atoms with Crippen LogP contribution in [-0.4, -0.2) is 25.0 Å². The summed E-state index contributed by atoms with van der Waals surface area (Å²) < 4.78 is 5.30. The smallest absolute Gasteiger partial charge is 0.0601 e. The molecule has 0 fully saturated rings. The van der Waals surface area contributed by atoms with Crippen molar-refractivity contribution in [3.05, 3.63) is 0 Å². The van der Waals surface area contributed by atoms with Gasteiger partial charge in [0.15, 0.2) is 0 Å². The van der Waals surface area contributed by atoms with E-state index in [0.29, 0.717) is 12.5 Å².